The molecule has 3 saturated carbocycles. The number of ether oxygens (including phenoxy) is 1. The van der Waals surface area contributed by atoms with Crippen molar-refractivity contribution < 1.29 is 9.53 Å². The molecule has 0 aromatic rings. The number of esters is 1. The Morgan fingerprint density at radius 2 is 1.83 bits per heavy atom. The number of alkyl halides is 1. The van der Waals surface area contributed by atoms with Gasteiger partial charge in [0.15, 0.2) is 0 Å². The highest BCUT2D eigenvalue weighted by Crippen LogP contribution is 2.67. The minimum Gasteiger partial charge on any atom is -0.461 e. The molecule has 0 aliphatic heterocycles. The molecule has 3 heteroatoms. The average Bonchev–Trinajstić information content (AvgIpc) is 3.16. The van der Waals surface area contributed by atoms with Crippen LogP contribution < -0.4 is 0 Å². The molecular weight excluding hydrogens is 496 g/mol. The highest BCUT2D eigenvalue weighted by Gasteiger charge is 2.59. The minimum absolute atomic E-state index is 0.0531. The van der Waals surface area contributed by atoms with Gasteiger partial charge in [-0.3, -0.25) is 4.79 Å². The zero-order valence-electron chi connectivity index (χ0n) is 23.6. The zero-order valence-corrected chi connectivity index (χ0v) is 25.2. The summed E-state index contributed by atoms with van der Waals surface area (Å²) in [5.74, 6) is 5.19. The maximum atomic E-state index is 12.5. The summed E-state index contributed by atoms with van der Waals surface area (Å²) < 4.78 is 5.98. The van der Waals surface area contributed by atoms with Gasteiger partial charge in [0.05, 0.1) is 0 Å². The van der Waals surface area contributed by atoms with Gasteiger partial charge in [0.1, 0.15) is 10.9 Å². The number of hydrogen-bond acceptors (Lipinski definition) is 2. The summed E-state index contributed by atoms with van der Waals surface area (Å²) in [6.45, 7) is 14.7. The number of halogens is 1. The average molecular weight is 550 g/mol. The lowest BCUT2D eigenvalue weighted by molar-refractivity contribution is -0.150. The second-order valence-corrected chi connectivity index (χ2v) is 15.0. The van der Waals surface area contributed by atoms with Crippen LogP contribution in [0.25, 0.3) is 0 Å². The second-order valence-electron chi connectivity index (χ2n) is 13.8. The van der Waals surface area contributed by atoms with E-state index in [-0.39, 0.29) is 16.9 Å². The first-order valence-electron chi connectivity index (χ1n) is 15.1. The maximum Gasteiger partial charge on any atom is 0.320 e. The summed E-state index contributed by atoms with van der Waals surface area (Å²) in [4.78, 5) is 12.4. The Kier molecular flexibility index (Phi) is 8.87. The van der Waals surface area contributed by atoms with Crippen LogP contribution in [0.5, 0.6) is 0 Å². The number of allylic oxidation sites excluding steroid dienone is 1. The van der Waals surface area contributed by atoms with Crippen LogP contribution in [0.15, 0.2) is 11.6 Å². The second kappa shape index (κ2) is 11.2. The topological polar surface area (TPSA) is 26.3 Å². The van der Waals surface area contributed by atoms with Gasteiger partial charge in [-0.25, -0.2) is 0 Å². The number of carbonyl (C=O) groups is 1. The van der Waals surface area contributed by atoms with E-state index in [9.17, 15) is 4.79 Å². The molecule has 0 aromatic carbocycles. The molecule has 35 heavy (non-hydrogen) atoms. The molecule has 0 saturated heterocycles. The molecule has 6 unspecified atom stereocenters. The third-order valence-electron chi connectivity index (χ3n) is 11.3. The Hall–Kier alpha value is -0.310. The summed E-state index contributed by atoms with van der Waals surface area (Å²) in [6.07, 6.45) is 19.0. The van der Waals surface area contributed by atoms with Crippen molar-refractivity contribution >= 4 is 21.9 Å². The first-order valence-corrected chi connectivity index (χ1v) is 16.1. The van der Waals surface area contributed by atoms with Crippen molar-refractivity contribution in [2.45, 2.75) is 136 Å². The summed E-state index contributed by atoms with van der Waals surface area (Å²) in [5.41, 5.74) is 2.49. The predicted molar refractivity (Wildman–Crippen MR) is 151 cm³/mol. The predicted octanol–water partition coefficient (Wildman–Crippen LogP) is 9.50. The fourth-order valence-electron chi connectivity index (χ4n) is 9.36. The van der Waals surface area contributed by atoms with E-state index in [1.165, 1.54) is 57.8 Å². The van der Waals surface area contributed by atoms with E-state index in [1.54, 1.807) is 5.57 Å². The van der Waals surface area contributed by atoms with Gasteiger partial charge in [0, 0.05) is 6.42 Å². The van der Waals surface area contributed by atoms with Crippen molar-refractivity contribution in [1.82, 2.24) is 0 Å². The monoisotopic (exact) mass is 548 g/mol. The molecule has 3 fully saturated rings. The largest absolute Gasteiger partial charge is 0.461 e. The summed E-state index contributed by atoms with van der Waals surface area (Å²) in [5, 5.41) is 0. The number of carbonyl (C=O) groups excluding carboxylic acids is 1. The summed E-state index contributed by atoms with van der Waals surface area (Å²) >= 11 is 3.53. The number of fused-ring (bicyclic) bond motifs is 5. The van der Waals surface area contributed by atoms with Gasteiger partial charge in [-0.2, -0.15) is 0 Å². The quantitative estimate of drug-likeness (QED) is 0.163. The highest BCUT2D eigenvalue weighted by atomic mass is 79.9. The molecule has 9 atom stereocenters. The Bertz CT molecular complexity index is 774. The molecule has 2 nitrogen and oxygen atoms in total. The highest BCUT2D eigenvalue weighted by molar-refractivity contribution is 9.10. The van der Waals surface area contributed by atoms with E-state index >= 15 is 0 Å². The Labute approximate surface area is 224 Å². The van der Waals surface area contributed by atoms with Gasteiger partial charge in [0.25, 0.3) is 0 Å². The molecule has 4 rings (SSSR count). The van der Waals surface area contributed by atoms with E-state index in [1.807, 2.05) is 0 Å². The zero-order chi connectivity index (χ0) is 25.4. The molecule has 0 amide bonds. The van der Waals surface area contributed by atoms with Crippen LogP contribution in [0.2, 0.25) is 0 Å². The van der Waals surface area contributed by atoms with Gasteiger partial charge in [0.2, 0.25) is 0 Å². The van der Waals surface area contributed by atoms with Crippen molar-refractivity contribution in [2.24, 2.45) is 46.3 Å². The summed E-state index contributed by atoms with van der Waals surface area (Å²) in [6, 6.07) is 0. The lowest BCUT2D eigenvalue weighted by Gasteiger charge is -2.58. The molecule has 0 heterocycles. The van der Waals surface area contributed by atoms with Gasteiger partial charge in [-0.05, 0) is 97.7 Å². The van der Waals surface area contributed by atoms with Gasteiger partial charge in [-0.1, -0.05) is 94.8 Å². The van der Waals surface area contributed by atoms with Crippen LogP contribution in [0.4, 0.5) is 0 Å². The van der Waals surface area contributed by atoms with Crippen molar-refractivity contribution in [2.75, 3.05) is 0 Å². The van der Waals surface area contributed by atoms with Crippen LogP contribution in [-0.4, -0.2) is 16.9 Å². The Morgan fingerprint density at radius 1 is 1.06 bits per heavy atom. The molecule has 0 radical (unpaired) electrons. The van der Waals surface area contributed by atoms with E-state index in [2.05, 4.69) is 63.5 Å². The minimum atomic E-state index is -0.148. The first kappa shape index (κ1) is 27.7. The third kappa shape index (κ3) is 5.46. The van der Waals surface area contributed by atoms with Crippen LogP contribution >= 0.6 is 15.9 Å². The Balaban J connectivity index is 1.42. The van der Waals surface area contributed by atoms with Gasteiger partial charge >= 0.3 is 5.97 Å². The molecule has 0 bridgehead atoms. The van der Waals surface area contributed by atoms with Crippen molar-refractivity contribution in [3.63, 3.8) is 0 Å². The Morgan fingerprint density at radius 3 is 2.54 bits per heavy atom. The number of hydrogen-bond donors (Lipinski definition) is 0. The van der Waals surface area contributed by atoms with Crippen LogP contribution in [0.1, 0.15) is 125 Å². The van der Waals surface area contributed by atoms with Gasteiger partial charge in [-0.15, -0.1) is 0 Å². The van der Waals surface area contributed by atoms with Crippen LogP contribution in [0.3, 0.4) is 0 Å². The molecule has 0 N–H and O–H groups in total. The molecule has 4 aliphatic carbocycles. The molecule has 0 aromatic heterocycles. The fourth-order valence-corrected chi connectivity index (χ4v) is 9.93. The van der Waals surface area contributed by atoms with Gasteiger partial charge < -0.3 is 4.74 Å². The standard InChI is InChI=1S/C32H53BrO2/c1-7-9-29(33)30(34)35-24-16-18-31(5)23(20-24)12-13-25-27-15-14-26(22(4)11-8-10-21(2)3)32(27,6)19-17-28(25)31/h12,21-22,24-29H,7-11,13-20H2,1-6H3/t22?,24-,25?,26?,27?,28?,29?,31-,32+/m0/s1. The van der Waals surface area contributed by atoms with Crippen molar-refractivity contribution in [1.29, 1.82) is 0 Å². The smallest absolute Gasteiger partial charge is 0.320 e. The van der Waals surface area contributed by atoms with Crippen LogP contribution in [-0.2, 0) is 9.53 Å². The lowest BCUT2D eigenvalue weighted by Crippen LogP contribution is -2.51. The molecule has 0 spiro atoms. The van der Waals surface area contributed by atoms with E-state index in [4.69, 9.17) is 4.74 Å². The van der Waals surface area contributed by atoms with E-state index in [0.717, 1.165) is 61.2 Å². The molecule has 200 valence electrons. The number of rotatable bonds is 9. The van der Waals surface area contributed by atoms with E-state index < -0.39 is 0 Å². The summed E-state index contributed by atoms with van der Waals surface area (Å²) in [7, 11) is 0. The first-order chi connectivity index (χ1) is 16.6. The third-order valence-corrected chi connectivity index (χ3v) is 12.2. The molecule has 4 aliphatic rings. The van der Waals surface area contributed by atoms with Crippen molar-refractivity contribution in [3.8, 4) is 0 Å². The molecular formula is C32H53BrO2. The van der Waals surface area contributed by atoms with Crippen molar-refractivity contribution in [3.05, 3.63) is 11.6 Å². The lowest BCUT2D eigenvalue weighted by atomic mass is 9.47. The maximum absolute atomic E-state index is 12.5. The van der Waals surface area contributed by atoms with Crippen LogP contribution in [0, 0.1) is 46.3 Å². The SMILES string of the molecule is CCCC(Br)C(=O)O[C@H]1CC[C@@]2(C)C(=CCC3C4CCC(C(C)CCCC(C)C)[C@@]4(C)CCC32)C1. The van der Waals surface area contributed by atoms with E-state index in [0.29, 0.717) is 10.8 Å². The normalized spacial score (nSPS) is 40.3. The fraction of sp³-hybridized carbons (Fsp3) is 0.906.